The molecule has 0 aliphatic rings. The summed E-state index contributed by atoms with van der Waals surface area (Å²) in [5.41, 5.74) is 2.43. The van der Waals surface area contributed by atoms with E-state index in [0.717, 1.165) is 16.9 Å². The Morgan fingerprint density at radius 1 is 1.24 bits per heavy atom. The van der Waals surface area contributed by atoms with E-state index < -0.39 is 0 Å². The van der Waals surface area contributed by atoms with Gasteiger partial charge >= 0.3 is 0 Å². The third-order valence-corrected chi connectivity index (χ3v) is 4.28. The van der Waals surface area contributed by atoms with Crippen LogP contribution in [0.25, 0.3) is 5.69 Å². The molecule has 0 radical (unpaired) electrons. The molecule has 0 aliphatic carbocycles. The van der Waals surface area contributed by atoms with Crippen LogP contribution in [0.1, 0.15) is 11.1 Å². The number of methoxy groups -OCH3 is 1. The first-order valence-electron chi connectivity index (χ1n) is 7.79. The molecule has 0 unspecified atom stereocenters. The fourth-order valence-electron chi connectivity index (χ4n) is 2.44. The smallest absolute Gasteiger partial charge is 0.297 e. The van der Waals surface area contributed by atoms with E-state index in [2.05, 4.69) is 10.3 Å². The molecule has 0 saturated heterocycles. The van der Waals surface area contributed by atoms with Gasteiger partial charge in [0, 0.05) is 24.0 Å². The largest absolute Gasteiger partial charge is 0.497 e. The average Bonchev–Trinajstić information content (AvgIpc) is 2.63. The number of hydrogen-bond acceptors (Lipinski definition) is 4. The van der Waals surface area contributed by atoms with Crippen LogP contribution in [0.4, 0.5) is 5.82 Å². The van der Waals surface area contributed by atoms with Gasteiger partial charge in [-0.1, -0.05) is 29.8 Å². The summed E-state index contributed by atoms with van der Waals surface area (Å²) in [5.74, 6) is 1.05. The second kappa shape index (κ2) is 7.40. The van der Waals surface area contributed by atoms with Crippen molar-refractivity contribution < 1.29 is 4.74 Å². The highest BCUT2D eigenvalue weighted by molar-refractivity contribution is 6.31. The molecular formula is C19H18ClN3O2. The third kappa shape index (κ3) is 3.83. The molecule has 0 atom stereocenters. The fraction of sp³-hybridized carbons (Fsp3) is 0.158. The lowest BCUT2D eigenvalue weighted by Crippen LogP contribution is -2.23. The highest BCUT2D eigenvalue weighted by atomic mass is 35.5. The SMILES string of the molecule is COc1cccc(CNc2nccn(-c3ccc(C)c(Cl)c3)c2=O)c1. The molecule has 1 heterocycles. The number of nitrogens with zero attached hydrogens (tertiary/aromatic N) is 2. The number of ether oxygens (including phenoxy) is 1. The predicted molar refractivity (Wildman–Crippen MR) is 99.9 cm³/mol. The summed E-state index contributed by atoms with van der Waals surface area (Å²) in [5, 5.41) is 3.70. The zero-order valence-corrected chi connectivity index (χ0v) is 14.7. The molecule has 3 rings (SSSR count). The summed E-state index contributed by atoms with van der Waals surface area (Å²) in [6, 6.07) is 13.1. The molecule has 25 heavy (non-hydrogen) atoms. The van der Waals surface area contributed by atoms with Crippen LogP contribution in [0.5, 0.6) is 5.75 Å². The molecule has 0 spiro atoms. The molecule has 0 saturated carbocycles. The van der Waals surface area contributed by atoms with Gasteiger partial charge < -0.3 is 10.1 Å². The first-order chi connectivity index (χ1) is 12.1. The van der Waals surface area contributed by atoms with Crippen molar-refractivity contribution >= 4 is 17.4 Å². The van der Waals surface area contributed by atoms with Crippen molar-refractivity contribution in [3.63, 3.8) is 0 Å². The molecule has 6 heteroatoms. The van der Waals surface area contributed by atoms with Gasteiger partial charge in [-0.3, -0.25) is 9.36 Å². The van der Waals surface area contributed by atoms with Crippen molar-refractivity contribution in [2.24, 2.45) is 0 Å². The van der Waals surface area contributed by atoms with Gasteiger partial charge in [0.25, 0.3) is 5.56 Å². The number of hydrogen-bond donors (Lipinski definition) is 1. The number of rotatable bonds is 5. The van der Waals surface area contributed by atoms with Crippen molar-refractivity contribution in [2.75, 3.05) is 12.4 Å². The summed E-state index contributed by atoms with van der Waals surface area (Å²) in [6.07, 6.45) is 3.21. The molecule has 1 aromatic heterocycles. The summed E-state index contributed by atoms with van der Waals surface area (Å²) >= 11 is 6.17. The van der Waals surface area contributed by atoms with Gasteiger partial charge in [0.15, 0.2) is 5.82 Å². The first kappa shape index (κ1) is 17.0. The molecule has 5 nitrogen and oxygen atoms in total. The lowest BCUT2D eigenvalue weighted by molar-refractivity contribution is 0.414. The van der Waals surface area contributed by atoms with Crippen LogP contribution in [-0.2, 0) is 6.54 Å². The minimum Gasteiger partial charge on any atom is -0.497 e. The second-order valence-corrected chi connectivity index (χ2v) is 6.00. The van der Waals surface area contributed by atoms with Crippen LogP contribution < -0.4 is 15.6 Å². The molecule has 1 N–H and O–H groups in total. The summed E-state index contributed by atoms with van der Waals surface area (Å²) < 4.78 is 6.73. The van der Waals surface area contributed by atoms with Gasteiger partial charge in [-0.2, -0.15) is 0 Å². The Bertz CT molecular complexity index is 953. The topological polar surface area (TPSA) is 56.1 Å². The van der Waals surface area contributed by atoms with Gasteiger partial charge in [0.1, 0.15) is 5.75 Å². The Morgan fingerprint density at radius 2 is 2.08 bits per heavy atom. The standard InChI is InChI=1S/C19H18ClN3O2/c1-13-6-7-15(11-17(13)20)23-9-8-21-18(19(23)24)22-12-14-4-3-5-16(10-14)25-2/h3-11H,12H2,1-2H3,(H,21,22). The highest BCUT2D eigenvalue weighted by Crippen LogP contribution is 2.19. The zero-order chi connectivity index (χ0) is 17.8. The van der Waals surface area contributed by atoms with Crippen LogP contribution in [0.2, 0.25) is 5.02 Å². The maximum absolute atomic E-state index is 12.7. The number of anilines is 1. The van der Waals surface area contributed by atoms with Gasteiger partial charge in [0.05, 0.1) is 12.8 Å². The van der Waals surface area contributed by atoms with Crippen molar-refractivity contribution in [3.05, 3.63) is 81.4 Å². The Kier molecular flexibility index (Phi) is 5.05. The molecule has 128 valence electrons. The molecule has 0 bridgehead atoms. The number of halogens is 1. The van der Waals surface area contributed by atoms with Crippen LogP contribution in [0.15, 0.2) is 59.7 Å². The van der Waals surface area contributed by atoms with Crippen molar-refractivity contribution in [2.45, 2.75) is 13.5 Å². The summed E-state index contributed by atoms with van der Waals surface area (Å²) in [7, 11) is 1.62. The van der Waals surface area contributed by atoms with E-state index in [-0.39, 0.29) is 11.4 Å². The monoisotopic (exact) mass is 355 g/mol. The van der Waals surface area contributed by atoms with Crippen LogP contribution in [-0.4, -0.2) is 16.7 Å². The molecule has 0 fully saturated rings. The lowest BCUT2D eigenvalue weighted by atomic mass is 10.2. The molecule has 0 aliphatic heterocycles. The van der Waals surface area contributed by atoms with Gasteiger partial charge in [-0.25, -0.2) is 4.98 Å². The molecule has 2 aromatic carbocycles. The Hall–Kier alpha value is -2.79. The third-order valence-electron chi connectivity index (χ3n) is 3.87. The van der Waals surface area contributed by atoms with Crippen LogP contribution >= 0.6 is 11.6 Å². The summed E-state index contributed by atoms with van der Waals surface area (Å²) in [4.78, 5) is 16.8. The highest BCUT2D eigenvalue weighted by Gasteiger charge is 2.08. The molecular weight excluding hydrogens is 338 g/mol. The van der Waals surface area contributed by atoms with Crippen LogP contribution in [0.3, 0.4) is 0 Å². The Morgan fingerprint density at radius 3 is 2.84 bits per heavy atom. The number of nitrogens with one attached hydrogen (secondary N) is 1. The van der Waals surface area contributed by atoms with Crippen molar-refractivity contribution in [1.82, 2.24) is 9.55 Å². The maximum atomic E-state index is 12.7. The van der Waals surface area contributed by atoms with Crippen LogP contribution in [0, 0.1) is 6.92 Å². The predicted octanol–water partition coefficient (Wildman–Crippen LogP) is 3.82. The van der Waals surface area contributed by atoms with E-state index in [1.54, 1.807) is 25.6 Å². The average molecular weight is 356 g/mol. The van der Waals surface area contributed by atoms with Gasteiger partial charge in [-0.05, 0) is 42.3 Å². The first-order valence-corrected chi connectivity index (χ1v) is 8.17. The number of aryl methyl sites for hydroxylation is 1. The fourth-order valence-corrected chi connectivity index (χ4v) is 2.61. The van der Waals surface area contributed by atoms with E-state index in [9.17, 15) is 4.79 Å². The minimum atomic E-state index is -0.231. The van der Waals surface area contributed by atoms with E-state index in [4.69, 9.17) is 16.3 Å². The van der Waals surface area contributed by atoms with Crippen molar-refractivity contribution in [1.29, 1.82) is 0 Å². The minimum absolute atomic E-state index is 0.231. The van der Waals surface area contributed by atoms with Gasteiger partial charge in [0.2, 0.25) is 0 Å². The Labute approximate surface area is 150 Å². The second-order valence-electron chi connectivity index (χ2n) is 5.59. The quantitative estimate of drug-likeness (QED) is 0.756. The van der Waals surface area contributed by atoms with Crippen molar-refractivity contribution in [3.8, 4) is 11.4 Å². The zero-order valence-electron chi connectivity index (χ0n) is 14.0. The van der Waals surface area contributed by atoms with Gasteiger partial charge in [-0.15, -0.1) is 0 Å². The number of benzene rings is 2. The lowest BCUT2D eigenvalue weighted by Gasteiger charge is -2.10. The van der Waals surface area contributed by atoms with E-state index in [1.807, 2.05) is 43.3 Å². The number of aromatic nitrogens is 2. The Balaban J connectivity index is 1.85. The summed E-state index contributed by atoms with van der Waals surface area (Å²) in [6.45, 7) is 2.39. The normalized spacial score (nSPS) is 10.5. The van der Waals surface area contributed by atoms with E-state index in [0.29, 0.717) is 17.3 Å². The molecule has 3 aromatic rings. The van der Waals surface area contributed by atoms with E-state index >= 15 is 0 Å². The maximum Gasteiger partial charge on any atom is 0.297 e. The van der Waals surface area contributed by atoms with E-state index in [1.165, 1.54) is 4.57 Å². The molecule has 0 amide bonds.